The van der Waals surface area contributed by atoms with Gasteiger partial charge in [0.15, 0.2) is 0 Å². The fourth-order valence-corrected chi connectivity index (χ4v) is 2.90. The van der Waals surface area contributed by atoms with E-state index in [2.05, 4.69) is 0 Å². The Morgan fingerprint density at radius 3 is 2.50 bits per heavy atom. The fourth-order valence-electron chi connectivity index (χ4n) is 2.72. The summed E-state index contributed by atoms with van der Waals surface area (Å²) in [5.41, 5.74) is 15.9. The highest BCUT2D eigenvalue weighted by molar-refractivity contribution is 6.30. The summed E-state index contributed by atoms with van der Waals surface area (Å²) < 4.78 is 25.5. The molecular formula is C17H19ClF2N2. The summed E-state index contributed by atoms with van der Waals surface area (Å²) in [6.45, 7) is 1.93. The molecule has 1 atom stereocenters. The van der Waals surface area contributed by atoms with Crippen LogP contribution in [0.2, 0.25) is 5.02 Å². The van der Waals surface area contributed by atoms with E-state index in [4.69, 9.17) is 23.1 Å². The highest BCUT2D eigenvalue weighted by Gasteiger charge is 2.18. The number of hydrogen-bond donors (Lipinski definition) is 2. The van der Waals surface area contributed by atoms with Gasteiger partial charge in [0.2, 0.25) is 6.43 Å². The van der Waals surface area contributed by atoms with Crippen molar-refractivity contribution in [1.29, 1.82) is 0 Å². The molecule has 118 valence electrons. The van der Waals surface area contributed by atoms with Gasteiger partial charge in [-0.05, 0) is 46.9 Å². The van der Waals surface area contributed by atoms with Crippen LogP contribution in [0.25, 0.3) is 0 Å². The van der Waals surface area contributed by atoms with Gasteiger partial charge in [0.1, 0.15) is 0 Å². The molecule has 22 heavy (non-hydrogen) atoms. The van der Waals surface area contributed by atoms with Gasteiger partial charge in [-0.25, -0.2) is 8.78 Å². The van der Waals surface area contributed by atoms with Crippen LogP contribution in [0.1, 0.15) is 35.2 Å². The molecule has 1 unspecified atom stereocenters. The normalized spacial score (nSPS) is 12.6. The fraction of sp³-hybridized carbons (Fsp3) is 0.294. The number of nitrogen functional groups attached to an aromatic ring is 1. The lowest BCUT2D eigenvalue weighted by molar-refractivity contribution is 0.149. The Morgan fingerprint density at radius 1 is 1.14 bits per heavy atom. The van der Waals surface area contributed by atoms with E-state index in [1.165, 1.54) is 0 Å². The van der Waals surface area contributed by atoms with Crippen LogP contribution < -0.4 is 11.5 Å². The highest BCUT2D eigenvalue weighted by Crippen LogP contribution is 2.31. The Kier molecular flexibility index (Phi) is 5.37. The standard InChI is InChI=1S/C17H19ClF2N2/c1-2-12-10(8-16(19)20)4-3-5-13(12)17(22)14-9-11(18)6-7-15(14)21/h3-7,9,16-17H,2,8,21-22H2,1H3. The van der Waals surface area contributed by atoms with Gasteiger partial charge in [-0.15, -0.1) is 0 Å². The zero-order valence-corrected chi connectivity index (χ0v) is 13.1. The van der Waals surface area contributed by atoms with Gasteiger partial charge in [-0.1, -0.05) is 36.7 Å². The van der Waals surface area contributed by atoms with Crippen molar-refractivity contribution in [3.8, 4) is 0 Å². The number of halogens is 3. The molecule has 2 aromatic carbocycles. The lowest BCUT2D eigenvalue weighted by atomic mass is 9.89. The zero-order chi connectivity index (χ0) is 16.3. The lowest BCUT2D eigenvalue weighted by Gasteiger charge is -2.21. The summed E-state index contributed by atoms with van der Waals surface area (Å²) in [5.74, 6) is 0. The second-order valence-corrected chi connectivity index (χ2v) is 5.62. The third-order valence-electron chi connectivity index (χ3n) is 3.76. The molecule has 0 aromatic heterocycles. The molecule has 2 aromatic rings. The summed E-state index contributed by atoms with van der Waals surface area (Å²) in [6, 6.07) is 9.97. The lowest BCUT2D eigenvalue weighted by Crippen LogP contribution is -2.17. The Bertz CT molecular complexity index is 659. The number of hydrogen-bond acceptors (Lipinski definition) is 2. The van der Waals surface area contributed by atoms with Crippen LogP contribution in [-0.4, -0.2) is 6.43 Å². The molecule has 4 N–H and O–H groups in total. The van der Waals surface area contributed by atoms with Crippen molar-refractivity contribution in [1.82, 2.24) is 0 Å². The quantitative estimate of drug-likeness (QED) is 0.804. The molecule has 0 saturated carbocycles. The Morgan fingerprint density at radius 2 is 1.86 bits per heavy atom. The van der Waals surface area contributed by atoms with Crippen LogP contribution in [0.15, 0.2) is 36.4 Å². The predicted molar refractivity (Wildman–Crippen MR) is 87.4 cm³/mol. The maximum Gasteiger partial charge on any atom is 0.242 e. The van der Waals surface area contributed by atoms with Crippen molar-refractivity contribution < 1.29 is 8.78 Å². The average molecular weight is 325 g/mol. The van der Waals surface area contributed by atoms with E-state index in [1.807, 2.05) is 13.0 Å². The van der Waals surface area contributed by atoms with Crippen molar-refractivity contribution in [3.63, 3.8) is 0 Å². The summed E-state index contributed by atoms with van der Waals surface area (Å²) in [5, 5.41) is 0.543. The molecular weight excluding hydrogens is 306 g/mol. The van der Waals surface area contributed by atoms with Gasteiger partial charge in [0, 0.05) is 17.1 Å². The molecule has 2 nitrogen and oxygen atoms in total. The first-order valence-corrected chi connectivity index (χ1v) is 7.51. The number of benzene rings is 2. The summed E-state index contributed by atoms with van der Waals surface area (Å²) >= 11 is 6.01. The van der Waals surface area contributed by atoms with Crippen molar-refractivity contribution in [2.75, 3.05) is 5.73 Å². The maximum atomic E-state index is 12.7. The van der Waals surface area contributed by atoms with Crippen molar-refractivity contribution in [3.05, 3.63) is 63.7 Å². The minimum absolute atomic E-state index is 0.269. The van der Waals surface area contributed by atoms with E-state index < -0.39 is 12.5 Å². The van der Waals surface area contributed by atoms with Gasteiger partial charge < -0.3 is 11.5 Å². The second kappa shape index (κ2) is 7.07. The minimum atomic E-state index is -2.38. The number of nitrogens with two attached hydrogens (primary N) is 2. The van der Waals surface area contributed by atoms with Gasteiger partial charge in [-0.3, -0.25) is 0 Å². The topological polar surface area (TPSA) is 52.0 Å². The third kappa shape index (κ3) is 3.57. The first-order chi connectivity index (χ1) is 10.4. The van der Waals surface area contributed by atoms with Crippen LogP contribution in [-0.2, 0) is 12.8 Å². The Labute approximate surface area is 134 Å². The Hall–Kier alpha value is -1.65. The molecule has 0 fully saturated rings. The number of alkyl halides is 2. The van der Waals surface area contributed by atoms with Crippen LogP contribution in [0.4, 0.5) is 14.5 Å². The molecule has 2 rings (SSSR count). The van der Waals surface area contributed by atoms with Crippen LogP contribution in [0.5, 0.6) is 0 Å². The SMILES string of the molecule is CCc1c(CC(F)F)cccc1C(N)c1cc(Cl)ccc1N. The largest absolute Gasteiger partial charge is 0.398 e. The minimum Gasteiger partial charge on any atom is -0.398 e. The van der Waals surface area contributed by atoms with Gasteiger partial charge in [-0.2, -0.15) is 0 Å². The zero-order valence-electron chi connectivity index (χ0n) is 12.3. The highest BCUT2D eigenvalue weighted by atomic mass is 35.5. The molecule has 0 aliphatic rings. The molecule has 0 spiro atoms. The molecule has 0 amide bonds. The van der Waals surface area contributed by atoms with E-state index in [9.17, 15) is 8.78 Å². The van der Waals surface area contributed by atoms with E-state index >= 15 is 0 Å². The summed E-state index contributed by atoms with van der Waals surface area (Å²) in [7, 11) is 0. The van der Waals surface area contributed by atoms with E-state index in [0.717, 1.165) is 11.1 Å². The summed E-state index contributed by atoms with van der Waals surface area (Å²) in [4.78, 5) is 0. The number of anilines is 1. The molecule has 0 bridgehead atoms. The molecule has 0 saturated heterocycles. The third-order valence-corrected chi connectivity index (χ3v) is 3.99. The van der Waals surface area contributed by atoms with E-state index in [0.29, 0.717) is 28.3 Å². The predicted octanol–water partition coefficient (Wildman–Crippen LogP) is 4.34. The molecule has 0 aliphatic heterocycles. The maximum absolute atomic E-state index is 12.7. The van der Waals surface area contributed by atoms with E-state index in [-0.39, 0.29) is 6.42 Å². The first-order valence-electron chi connectivity index (χ1n) is 7.13. The first kappa shape index (κ1) is 16.7. The monoisotopic (exact) mass is 324 g/mol. The van der Waals surface area contributed by atoms with Crippen molar-refractivity contribution >= 4 is 17.3 Å². The average Bonchev–Trinajstić information content (AvgIpc) is 2.48. The molecule has 0 aliphatic carbocycles. The Balaban J connectivity index is 2.49. The van der Waals surface area contributed by atoms with E-state index in [1.54, 1.807) is 30.3 Å². The smallest absolute Gasteiger partial charge is 0.242 e. The van der Waals surface area contributed by atoms with Crippen molar-refractivity contribution in [2.45, 2.75) is 32.2 Å². The number of rotatable bonds is 5. The summed E-state index contributed by atoms with van der Waals surface area (Å²) in [6.07, 6.45) is -2.02. The molecule has 0 radical (unpaired) electrons. The van der Waals surface area contributed by atoms with Crippen LogP contribution in [0.3, 0.4) is 0 Å². The second-order valence-electron chi connectivity index (χ2n) is 5.18. The van der Waals surface area contributed by atoms with Crippen molar-refractivity contribution in [2.24, 2.45) is 5.73 Å². The molecule has 5 heteroatoms. The van der Waals surface area contributed by atoms with Gasteiger partial charge in [0.05, 0.1) is 6.04 Å². The van der Waals surface area contributed by atoms with Gasteiger partial charge in [0.25, 0.3) is 0 Å². The van der Waals surface area contributed by atoms with Gasteiger partial charge >= 0.3 is 0 Å². The van der Waals surface area contributed by atoms with Crippen LogP contribution in [0, 0.1) is 0 Å². The molecule has 0 heterocycles. The van der Waals surface area contributed by atoms with Crippen LogP contribution >= 0.6 is 11.6 Å².